The van der Waals surface area contributed by atoms with Gasteiger partial charge in [0.1, 0.15) is 0 Å². The fourth-order valence-corrected chi connectivity index (χ4v) is 2.42. The smallest absolute Gasteiger partial charge is 0.417 e. The molecule has 1 amide bonds. The number of carbonyl (C=O) groups is 2. The molecule has 0 bridgehead atoms. The summed E-state index contributed by atoms with van der Waals surface area (Å²) in [6, 6.07) is 8.67. The number of hydrogen-bond donors (Lipinski definition) is 3. The minimum atomic E-state index is -4.72. The van der Waals surface area contributed by atoms with Crippen molar-refractivity contribution >= 4 is 28.6 Å². The highest BCUT2D eigenvalue weighted by molar-refractivity contribution is 5.97. The Morgan fingerprint density at radius 1 is 1.04 bits per heavy atom. The van der Waals surface area contributed by atoms with Crippen LogP contribution < -0.4 is 11.0 Å². The van der Waals surface area contributed by atoms with Crippen molar-refractivity contribution in [1.82, 2.24) is 9.97 Å². The van der Waals surface area contributed by atoms with E-state index in [9.17, 15) is 27.6 Å². The summed E-state index contributed by atoms with van der Waals surface area (Å²) >= 11 is 0. The molecular weight excluding hydrogens is 367 g/mol. The molecule has 3 rings (SSSR count). The molecule has 3 N–H and O–H groups in total. The minimum Gasteiger partial charge on any atom is -0.452 e. The molecule has 0 aliphatic carbocycles. The van der Waals surface area contributed by atoms with E-state index in [1.165, 1.54) is 18.2 Å². The van der Waals surface area contributed by atoms with Crippen LogP contribution in [0.15, 0.2) is 47.3 Å². The van der Waals surface area contributed by atoms with E-state index in [-0.39, 0.29) is 0 Å². The van der Waals surface area contributed by atoms with Gasteiger partial charge in [-0.2, -0.15) is 13.2 Å². The zero-order chi connectivity index (χ0) is 19.6. The maximum atomic E-state index is 12.9. The number of alkyl halides is 3. The Balaban J connectivity index is 1.65. The van der Waals surface area contributed by atoms with Crippen LogP contribution in [0.25, 0.3) is 11.0 Å². The maximum absolute atomic E-state index is 12.9. The number of carbonyl (C=O) groups excluding carboxylic acids is 2. The minimum absolute atomic E-state index is 0.314. The van der Waals surface area contributed by atoms with E-state index in [1.807, 2.05) is 0 Å². The van der Waals surface area contributed by atoms with Gasteiger partial charge >= 0.3 is 17.8 Å². The van der Waals surface area contributed by atoms with Crippen LogP contribution in [0.4, 0.5) is 18.9 Å². The Bertz CT molecular complexity index is 1070. The van der Waals surface area contributed by atoms with E-state index in [2.05, 4.69) is 20.0 Å². The summed E-state index contributed by atoms with van der Waals surface area (Å²) in [5.41, 5.74) is -0.927. The summed E-state index contributed by atoms with van der Waals surface area (Å²) in [4.78, 5) is 40.0. The second kappa shape index (κ2) is 6.98. The molecule has 140 valence electrons. The molecule has 0 saturated carbocycles. The number of aromatic nitrogens is 2. The molecule has 0 unspecified atom stereocenters. The Labute approximate surface area is 149 Å². The van der Waals surface area contributed by atoms with E-state index in [1.54, 1.807) is 6.07 Å². The number of H-pyrrole nitrogens is 2. The van der Waals surface area contributed by atoms with Gasteiger partial charge in [-0.25, -0.2) is 9.59 Å². The van der Waals surface area contributed by atoms with Crippen LogP contribution in [0.5, 0.6) is 0 Å². The second-order valence-electron chi connectivity index (χ2n) is 5.51. The summed E-state index contributed by atoms with van der Waals surface area (Å²) in [5.74, 6) is -2.01. The highest BCUT2D eigenvalue weighted by Crippen LogP contribution is 2.32. The molecule has 1 aromatic heterocycles. The predicted octanol–water partition coefficient (Wildman–Crippen LogP) is 2.67. The number of aromatic amines is 2. The van der Waals surface area contributed by atoms with Gasteiger partial charge in [0, 0.05) is 5.69 Å². The Hall–Kier alpha value is -3.56. The van der Waals surface area contributed by atoms with E-state index in [0.29, 0.717) is 16.7 Å². The zero-order valence-electron chi connectivity index (χ0n) is 13.5. The number of benzene rings is 2. The molecule has 0 saturated heterocycles. The fraction of sp³-hybridized carbons (Fsp3) is 0.118. The van der Waals surface area contributed by atoms with Gasteiger partial charge in [-0.15, -0.1) is 0 Å². The van der Waals surface area contributed by atoms with Gasteiger partial charge in [0.25, 0.3) is 5.91 Å². The van der Waals surface area contributed by atoms with Crippen molar-refractivity contribution in [3.05, 3.63) is 64.1 Å². The van der Waals surface area contributed by atoms with Gasteiger partial charge in [-0.3, -0.25) is 4.79 Å². The van der Waals surface area contributed by atoms with Crippen LogP contribution in [-0.2, 0) is 15.7 Å². The third-order valence-corrected chi connectivity index (χ3v) is 3.59. The van der Waals surface area contributed by atoms with Crippen molar-refractivity contribution in [2.45, 2.75) is 6.18 Å². The highest BCUT2D eigenvalue weighted by atomic mass is 19.4. The first-order chi connectivity index (χ1) is 12.7. The van der Waals surface area contributed by atoms with Gasteiger partial charge in [-0.05, 0) is 30.3 Å². The molecule has 1 heterocycles. The first kappa shape index (κ1) is 18.2. The number of rotatable bonds is 4. The van der Waals surface area contributed by atoms with Crippen molar-refractivity contribution in [3.63, 3.8) is 0 Å². The van der Waals surface area contributed by atoms with E-state index in [0.717, 1.165) is 18.2 Å². The Morgan fingerprint density at radius 3 is 2.48 bits per heavy atom. The lowest BCUT2D eigenvalue weighted by molar-refractivity contribution is -0.138. The van der Waals surface area contributed by atoms with Crippen molar-refractivity contribution in [3.8, 4) is 0 Å². The van der Waals surface area contributed by atoms with E-state index in [4.69, 9.17) is 0 Å². The van der Waals surface area contributed by atoms with Crippen molar-refractivity contribution < 1.29 is 27.5 Å². The van der Waals surface area contributed by atoms with E-state index < -0.39 is 41.5 Å². The normalized spacial score (nSPS) is 11.4. The Morgan fingerprint density at radius 2 is 1.74 bits per heavy atom. The number of anilines is 1. The number of halogens is 3. The first-order valence-corrected chi connectivity index (χ1v) is 7.59. The zero-order valence-corrected chi connectivity index (χ0v) is 13.5. The summed E-state index contributed by atoms with van der Waals surface area (Å²) < 4.78 is 43.4. The molecule has 0 aliphatic rings. The number of amides is 1. The van der Waals surface area contributed by atoms with Crippen molar-refractivity contribution in [2.75, 3.05) is 11.9 Å². The monoisotopic (exact) mass is 379 g/mol. The summed E-state index contributed by atoms with van der Waals surface area (Å²) in [6.07, 6.45) is -4.72. The second-order valence-corrected chi connectivity index (χ2v) is 5.51. The lowest BCUT2D eigenvalue weighted by Gasteiger charge is -2.12. The third kappa shape index (κ3) is 4.17. The first-order valence-electron chi connectivity index (χ1n) is 7.59. The van der Waals surface area contributed by atoms with Crippen molar-refractivity contribution in [2.24, 2.45) is 0 Å². The van der Waals surface area contributed by atoms with Gasteiger partial charge < -0.3 is 20.0 Å². The van der Waals surface area contributed by atoms with Crippen LogP contribution in [0.2, 0.25) is 0 Å². The molecule has 10 heteroatoms. The van der Waals surface area contributed by atoms with Crippen LogP contribution >= 0.6 is 0 Å². The summed E-state index contributed by atoms with van der Waals surface area (Å²) in [6.45, 7) is -0.771. The van der Waals surface area contributed by atoms with Crippen LogP contribution in [0.1, 0.15) is 15.9 Å². The molecule has 0 aliphatic heterocycles. The molecule has 3 aromatic rings. The molecule has 0 fully saturated rings. The van der Waals surface area contributed by atoms with Gasteiger partial charge in [0.05, 0.1) is 22.2 Å². The summed E-state index contributed by atoms with van der Waals surface area (Å²) in [7, 11) is 0. The van der Waals surface area contributed by atoms with Crippen LogP contribution in [-0.4, -0.2) is 28.5 Å². The third-order valence-electron chi connectivity index (χ3n) is 3.59. The maximum Gasteiger partial charge on any atom is 0.417 e. The van der Waals surface area contributed by atoms with Gasteiger partial charge in [-0.1, -0.05) is 12.1 Å². The number of fused-ring (bicyclic) bond motifs is 1. The lowest BCUT2D eigenvalue weighted by atomic mass is 10.1. The number of esters is 1. The standard InChI is InChI=1S/C17H12F3N3O4/c18-17(19,20)11-4-2-1-3-10(11)15(25)27-8-14(24)21-9-5-6-12-13(7-9)23-16(26)22-12/h1-7H,8H2,(H,21,24)(H2,22,23,26). The molecule has 2 aromatic carbocycles. The Kier molecular flexibility index (Phi) is 4.72. The molecule has 0 spiro atoms. The lowest BCUT2D eigenvalue weighted by Crippen LogP contribution is -2.22. The average molecular weight is 379 g/mol. The molecule has 27 heavy (non-hydrogen) atoms. The SMILES string of the molecule is O=C(COC(=O)c1ccccc1C(F)(F)F)Nc1ccc2[nH]c(=O)[nH]c2c1. The highest BCUT2D eigenvalue weighted by Gasteiger charge is 2.35. The number of ether oxygens (including phenoxy) is 1. The average Bonchev–Trinajstić information content (AvgIpc) is 2.98. The molecule has 0 radical (unpaired) electrons. The van der Waals surface area contributed by atoms with Crippen LogP contribution in [0, 0.1) is 0 Å². The predicted molar refractivity (Wildman–Crippen MR) is 89.3 cm³/mol. The van der Waals surface area contributed by atoms with Crippen LogP contribution in [0.3, 0.4) is 0 Å². The molecule has 0 atom stereocenters. The largest absolute Gasteiger partial charge is 0.452 e. The van der Waals surface area contributed by atoms with Gasteiger partial charge in [0.15, 0.2) is 6.61 Å². The van der Waals surface area contributed by atoms with Crippen molar-refractivity contribution in [1.29, 1.82) is 0 Å². The topological polar surface area (TPSA) is 104 Å². The quantitative estimate of drug-likeness (QED) is 0.606. The number of imidazole rings is 1. The van der Waals surface area contributed by atoms with Gasteiger partial charge in [0.2, 0.25) is 0 Å². The molecular formula is C17H12F3N3O4. The fourth-order valence-electron chi connectivity index (χ4n) is 2.42. The summed E-state index contributed by atoms with van der Waals surface area (Å²) in [5, 5.41) is 2.42. The van der Waals surface area contributed by atoms with E-state index >= 15 is 0 Å². The number of nitrogens with one attached hydrogen (secondary N) is 3. The number of hydrogen-bond acceptors (Lipinski definition) is 4. The molecule has 7 nitrogen and oxygen atoms in total.